The molecule has 2 aromatic rings. The van der Waals surface area contributed by atoms with E-state index in [4.69, 9.17) is 0 Å². The zero-order valence-corrected chi connectivity index (χ0v) is 15.2. The molecule has 1 aromatic carbocycles. The molecule has 1 saturated heterocycles. The van der Waals surface area contributed by atoms with Crippen LogP contribution in [0.4, 0.5) is 5.69 Å². The minimum atomic E-state index is -0.476. The van der Waals surface area contributed by atoms with Gasteiger partial charge in [0.1, 0.15) is 6.04 Å². The van der Waals surface area contributed by atoms with Gasteiger partial charge in [-0.15, -0.1) is 0 Å². The van der Waals surface area contributed by atoms with Crippen LogP contribution in [0, 0.1) is 0 Å². The maximum Gasteiger partial charge on any atom is 0.246 e. The van der Waals surface area contributed by atoms with Crippen LogP contribution < -0.4 is 10.6 Å². The molecule has 2 amide bonds. The maximum absolute atomic E-state index is 12.6. The van der Waals surface area contributed by atoms with E-state index in [-0.39, 0.29) is 11.8 Å². The Labute approximate surface area is 153 Å². The molecule has 0 bridgehead atoms. The van der Waals surface area contributed by atoms with Crippen molar-refractivity contribution < 1.29 is 9.59 Å². The van der Waals surface area contributed by atoms with Crippen LogP contribution in [0.25, 0.3) is 0 Å². The molecule has 1 aliphatic heterocycles. The predicted molar refractivity (Wildman–Crippen MR) is 99.3 cm³/mol. The summed E-state index contributed by atoms with van der Waals surface area (Å²) in [7, 11) is 3.56. The van der Waals surface area contributed by atoms with E-state index in [1.54, 1.807) is 17.9 Å². The van der Waals surface area contributed by atoms with Gasteiger partial charge in [0.15, 0.2) is 0 Å². The summed E-state index contributed by atoms with van der Waals surface area (Å²) < 4.78 is 1.67. The number of piperidine rings is 1. The third-order valence-corrected chi connectivity index (χ3v) is 4.60. The predicted octanol–water partition coefficient (Wildman–Crippen LogP) is 1.83. The minimum Gasteiger partial charge on any atom is -0.338 e. The quantitative estimate of drug-likeness (QED) is 0.829. The highest BCUT2D eigenvalue weighted by Gasteiger charge is 2.21. The van der Waals surface area contributed by atoms with E-state index >= 15 is 0 Å². The molecule has 138 valence electrons. The molecular formula is C19H25N5O2. The van der Waals surface area contributed by atoms with Crippen molar-refractivity contribution in [1.82, 2.24) is 20.0 Å². The standard InChI is InChI=1S/C19H25N5O2/c1-20-18(15-11-21-23(2)13-15)19(26)22-16-7-5-6-14(10-16)12-24-9-4-3-8-17(24)25/h5-7,10-11,13,18,20H,3-4,8-9,12H2,1-2H3,(H,22,26). The smallest absolute Gasteiger partial charge is 0.246 e. The summed E-state index contributed by atoms with van der Waals surface area (Å²) in [6, 6.07) is 7.19. The van der Waals surface area contributed by atoms with Gasteiger partial charge in [-0.1, -0.05) is 12.1 Å². The number of benzene rings is 1. The first kappa shape index (κ1) is 18.1. The Bertz CT molecular complexity index is 786. The number of aryl methyl sites for hydroxylation is 1. The first-order valence-corrected chi connectivity index (χ1v) is 8.90. The third-order valence-electron chi connectivity index (χ3n) is 4.60. The van der Waals surface area contributed by atoms with Crippen LogP contribution in [0.15, 0.2) is 36.7 Å². The van der Waals surface area contributed by atoms with Crippen molar-refractivity contribution in [2.45, 2.75) is 31.8 Å². The average molecular weight is 355 g/mol. The van der Waals surface area contributed by atoms with E-state index < -0.39 is 6.04 Å². The molecule has 0 saturated carbocycles. The van der Waals surface area contributed by atoms with Crippen molar-refractivity contribution in [3.05, 3.63) is 47.8 Å². The summed E-state index contributed by atoms with van der Waals surface area (Å²) in [6.07, 6.45) is 6.16. The number of anilines is 1. The fourth-order valence-corrected chi connectivity index (χ4v) is 3.25. The average Bonchev–Trinajstić information content (AvgIpc) is 3.04. The highest BCUT2D eigenvalue weighted by Crippen LogP contribution is 2.19. The fourth-order valence-electron chi connectivity index (χ4n) is 3.25. The van der Waals surface area contributed by atoms with Crippen molar-refractivity contribution in [2.24, 2.45) is 7.05 Å². The first-order chi connectivity index (χ1) is 12.6. The number of nitrogens with zero attached hydrogens (tertiary/aromatic N) is 3. The largest absolute Gasteiger partial charge is 0.338 e. The van der Waals surface area contributed by atoms with E-state index in [9.17, 15) is 9.59 Å². The lowest BCUT2D eigenvalue weighted by molar-refractivity contribution is -0.133. The highest BCUT2D eigenvalue weighted by molar-refractivity contribution is 5.95. The van der Waals surface area contributed by atoms with Crippen molar-refractivity contribution in [1.29, 1.82) is 0 Å². The summed E-state index contributed by atoms with van der Waals surface area (Å²) in [6.45, 7) is 1.39. The molecule has 7 heteroatoms. The lowest BCUT2D eigenvalue weighted by Crippen LogP contribution is -2.34. The lowest BCUT2D eigenvalue weighted by atomic mass is 10.1. The van der Waals surface area contributed by atoms with Gasteiger partial charge in [-0.3, -0.25) is 14.3 Å². The molecule has 0 aliphatic carbocycles. The van der Waals surface area contributed by atoms with Crippen molar-refractivity contribution in [2.75, 3.05) is 18.9 Å². The SMILES string of the molecule is CNC(C(=O)Nc1cccc(CN2CCCCC2=O)c1)c1cnn(C)c1. The van der Waals surface area contributed by atoms with Crippen LogP contribution in [-0.4, -0.2) is 40.1 Å². The maximum atomic E-state index is 12.6. The van der Waals surface area contributed by atoms with Crippen LogP contribution in [0.5, 0.6) is 0 Å². The summed E-state index contributed by atoms with van der Waals surface area (Å²) in [5, 5.41) is 10.1. The van der Waals surface area contributed by atoms with E-state index in [1.165, 1.54) is 0 Å². The van der Waals surface area contributed by atoms with Crippen LogP contribution in [0.2, 0.25) is 0 Å². The number of carbonyl (C=O) groups is 2. The number of rotatable bonds is 6. The molecular weight excluding hydrogens is 330 g/mol. The molecule has 0 radical (unpaired) electrons. The van der Waals surface area contributed by atoms with E-state index in [0.29, 0.717) is 13.0 Å². The Morgan fingerprint density at radius 2 is 2.19 bits per heavy atom. The third kappa shape index (κ3) is 4.29. The van der Waals surface area contributed by atoms with E-state index in [0.717, 1.165) is 36.2 Å². The molecule has 1 aromatic heterocycles. The molecule has 2 N–H and O–H groups in total. The van der Waals surface area contributed by atoms with Gasteiger partial charge >= 0.3 is 0 Å². The Kier molecular flexibility index (Phi) is 5.68. The number of hydrogen-bond donors (Lipinski definition) is 2. The molecule has 1 fully saturated rings. The Morgan fingerprint density at radius 1 is 1.35 bits per heavy atom. The lowest BCUT2D eigenvalue weighted by Gasteiger charge is -2.27. The molecule has 1 atom stereocenters. The molecule has 26 heavy (non-hydrogen) atoms. The Morgan fingerprint density at radius 3 is 2.88 bits per heavy atom. The van der Waals surface area contributed by atoms with Crippen molar-refractivity contribution in [3.63, 3.8) is 0 Å². The van der Waals surface area contributed by atoms with Gasteiger partial charge in [0.05, 0.1) is 6.20 Å². The second-order valence-electron chi connectivity index (χ2n) is 6.63. The fraction of sp³-hybridized carbons (Fsp3) is 0.421. The van der Waals surface area contributed by atoms with Crippen LogP contribution in [0.1, 0.15) is 36.4 Å². The molecule has 0 spiro atoms. The summed E-state index contributed by atoms with van der Waals surface area (Å²) in [5.74, 6) is 0.0595. The number of carbonyl (C=O) groups excluding carboxylic acids is 2. The van der Waals surface area contributed by atoms with Gasteiger partial charge < -0.3 is 15.5 Å². The zero-order valence-electron chi connectivity index (χ0n) is 15.2. The second kappa shape index (κ2) is 8.14. The van der Waals surface area contributed by atoms with Crippen LogP contribution in [0.3, 0.4) is 0 Å². The highest BCUT2D eigenvalue weighted by atomic mass is 16.2. The number of aromatic nitrogens is 2. The zero-order chi connectivity index (χ0) is 18.5. The van der Waals surface area contributed by atoms with Gasteiger partial charge in [0.25, 0.3) is 0 Å². The van der Waals surface area contributed by atoms with Crippen LogP contribution in [-0.2, 0) is 23.2 Å². The second-order valence-corrected chi connectivity index (χ2v) is 6.63. The Balaban J connectivity index is 1.67. The monoisotopic (exact) mass is 355 g/mol. The number of amides is 2. The summed E-state index contributed by atoms with van der Waals surface area (Å²) in [4.78, 5) is 26.5. The normalized spacial score (nSPS) is 15.8. The molecule has 1 unspecified atom stereocenters. The molecule has 2 heterocycles. The number of nitrogens with one attached hydrogen (secondary N) is 2. The van der Waals surface area contributed by atoms with Gasteiger partial charge in [0.2, 0.25) is 11.8 Å². The molecule has 3 rings (SSSR count). The molecule has 7 nitrogen and oxygen atoms in total. The summed E-state index contributed by atoms with van der Waals surface area (Å²) in [5.41, 5.74) is 2.55. The van der Waals surface area contributed by atoms with Gasteiger partial charge in [0, 0.05) is 44.0 Å². The van der Waals surface area contributed by atoms with Crippen LogP contribution >= 0.6 is 0 Å². The van der Waals surface area contributed by atoms with Gasteiger partial charge in [-0.25, -0.2) is 0 Å². The first-order valence-electron chi connectivity index (χ1n) is 8.90. The number of likely N-dealkylation sites (tertiary alicyclic amines) is 1. The van der Waals surface area contributed by atoms with Crippen molar-refractivity contribution in [3.8, 4) is 0 Å². The Hall–Kier alpha value is -2.67. The number of likely N-dealkylation sites (N-methyl/N-ethyl adjacent to an activating group) is 1. The number of hydrogen-bond acceptors (Lipinski definition) is 4. The molecule has 1 aliphatic rings. The van der Waals surface area contributed by atoms with E-state index in [2.05, 4.69) is 15.7 Å². The van der Waals surface area contributed by atoms with E-state index in [1.807, 2.05) is 42.4 Å². The van der Waals surface area contributed by atoms with Gasteiger partial charge in [-0.05, 0) is 37.6 Å². The van der Waals surface area contributed by atoms with Gasteiger partial charge in [-0.2, -0.15) is 5.10 Å². The summed E-state index contributed by atoms with van der Waals surface area (Å²) >= 11 is 0. The topological polar surface area (TPSA) is 79.3 Å². The van der Waals surface area contributed by atoms with Crippen molar-refractivity contribution >= 4 is 17.5 Å². The minimum absolute atomic E-state index is 0.147.